The molecule has 0 saturated heterocycles. The van der Waals surface area contributed by atoms with E-state index >= 15 is 0 Å². The molecule has 1 N–H and O–H groups in total. The number of carbonyl (C=O) groups is 1. The summed E-state index contributed by atoms with van der Waals surface area (Å²) in [7, 11) is 3.92. The summed E-state index contributed by atoms with van der Waals surface area (Å²) >= 11 is 0. The standard InChI is InChI=1S/C18H27B2NO2/c1-2-3-4-8-11-15-12-18(23,17(19)20)21(16(15)22)13-14-9-6-5-7-10-14/h5-7,9-10,12,17,23H,2-4,8,11,13,19-20H2,1H3. The van der Waals surface area contributed by atoms with Crippen LogP contribution in [0.1, 0.15) is 44.6 Å². The number of benzene rings is 1. The van der Waals surface area contributed by atoms with Gasteiger partial charge in [-0.25, -0.2) is 0 Å². The third-order valence-electron chi connectivity index (χ3n) is 4.67. The highest BCUT2D eigenvalue weighted by molar-refractivity contribution is 6.36. The van der Waals surface area contributed by atoms with Gasteiger partial charge in [0.15, 0.2) is 0 Å². The van der Waals surface area contributed by atoms with Gasteiger partial charge in [-0.3, -0.25) is 4.79 Å². The molecule has 0 aromatic heterocycles. The quantitative estimate of drug-likeness (QED) is 0.585. The molecule has 1 aliphatic rings. The Morgan fingerprint density at radius 1 is 1.17 bits per heavy atom. The van der Waals surface area contributed by atoms with Crippen LogP contribution in [-0.2, 0) is 11.3 Å². The largest absolute Gasteiger partial charge is 0.368 e. The van der Waals surface area contributed by atoms with Crippen LogP contribution in [0.4, 0.5) is 0 Å². The highest BCUT2D eigenvalue weighted by atomic mass is 16.3. The summed E-state index contributed by atoms with van der Waals surface area (Å²) in [5, 5.41) is 11.1. The van der Waals surface area contributed by atoms with E-state index in [4.69, 9.17) is 0 Å². The number of carbonyl (C=O) groups excluding carboxylic acids is 1. The van der Waals surface area contributed by atoms with E-state index < -0.39 is 5.72 Å². The molecule has 0 saturated carbocycles. The van der Waals surface area contributed by atoms with E-state index in [9.17, 15) is 9.90 Å². The van der Waals surface area contributed by atoms with Crippen molar-refractivity contribution in [3.63, 3.8) is 0 Å². The Hall–Kier alpha value is -1.48. The van der Waals surface area contributed by atoms with Crippen molar-refractivity contribution in [3.05, 3.63) is 47.5 Å². The Kier molecular flexibility index (Phi) is 6.11. The van der Waals surface area contributed by atoms with Gasteiger partial charge in [0, 0.05) is 12.1 Å². The van der Waals surface area contributed by atoms with Crippen LogP contribution in [0.25, 0.3) is 0 Å². The van der Waals surface area contributed by atoms with Crippen LogP contribution in [0, 0.1) is 0 Å². The predicted octanol–water partition coefficient (Wildman–Crippen LogP) is 1.63. The van der Waals surface area contributed by atoms with Crippen LogP contribution in [0.15, 0.2) is 42.0 Å². The zero-order valence-corrected chi connectivity index (χ0v) is 14.6. The number of nitrogens with zero attached hydrogens (tertiary/aromatic N) is 1. The number of hydrogen-bond acceptors (Lipinski definition) is 2. The van der Waals surface area contributed by atoms with E-state index in [2.05, 4.69) is 6.92 Å². The number of hydrogen-bond donors (Lipinski definition) is 1. The number of aliphatic hydroxyl groups is 1. The van der Waals surface area contributed by atoms with Crippen LogP contribution < -0.4 is 0 Å². The lowest BCUT2D eigenvalue weighted by Gasteiger charge is -2.36. The Morgan fingerprint density at radius 2 is 1.87 bits per heavy atom. The third kappa shape index (κ3) is 4.08. The monoisotopic (exact) mass is 311 g/mol. The maximum atomic E-state index is 12.8. The van der Waals surface area contributed by atoms with Crippen LogP contribution in [0.3, 0.4) is 0 Å². The molecule has 3 nitrogen and oxygen atoms in total. The first-order valence-corrected chi connectivity index (χ1v) is 8.79. The second kappa shape index (κ2) is 7.87. The van der Waals surface area contributed by atoms with Gasteiger partial charge < -0.3 is 10.0 Å². The Bertz CT molecular complexity index is 559. The third-order valence-corrected chi connectivity index (χ3v) is 4.67. The lowest BCUT2D eigenvalue weighted by Crippen LogP contribution is -2.49. The highest BCUT2D eigenvalue weighted by Gasteiger charge is 2.45. The number of rotatable bonds is 8. The molecule has 0 radical (unpaired) electrons. The second-order valence-electron chi connectivity index (χ2n) is 6.79. The van der Waals surface area contributed by atoms with Crippen LogP contribution >= 0.6 is 0 Å². The Labute approximate surface area is 141 Å². The molecule has 0 spiro atoms. The average molecular weight is 311 g/mol. The number of amides is 1. The summed E-state index contributed by atoms with van der Waals surface area (Å²) in [5.41, 5.74) is 0.601. The fourth-order valence-electron chi connectivity index (χ4n) is 3.10. The molecule has 5 heteroatoms. The summed E-state index contributed by atoms with van der Waals surface area (Å²) in [6.07, 6.45) is 7.10. The summed E-state index contributed by atoms with van der Waals surface area (Å²) in [6.45, 7) is 2.63. The van der Waals surface area contributed by atoms with Crippen molar-refractivity contribution in [2.24, 2.45) is 0 Å². The van der Waals surface area contributed by atoms with E-state index in [-0.39, 0.29) is 11.6 Å². The smallest absolute Gasteiger partial charge is 0.252 e. The van der Waals surface area contributed by atoms with Gasteiger partial charge in [0.05, 0.1) is 0 Å². The molecular formula is C18H27B2NO2. The molecule has 1 aromatic carbocycles. The molecule has 1 unspecified atom stereocenters. The van der Waals surface area contributed by atoms with Gasteiger partial charge in [0.1, 0.15) is 21.4 Å². The first kappa shape index (κ1) is 17.9. The van der Waals surface area contributed by atoms with Crippen molar-refractivity contribution in [2.75, 3.05) is 0 Å². The minimum absolute atomic E-state index is 0.0125. The Morgan fingerprint density at radius 3 is 2.48 bits per heavy atom. The van der Waals surface area contributed by atoms with Crippen molar-refractivity contribution in [3.8, 4) is 0 Å². The molecule has 1 aromatic rings. The molecule has 122 valence electrons. The van der Waals surface area contributed by atoms with Gasteiger partial charge in [-0.1, -0.05) is 56.5 Å². The first-order valence-electron chi connectivity index (χ1n) is 8.79. The van der Waals surface area contributed by atoms with Gasteiger partial charge in [0.25, 0.3) is 5.91 Å². The molecular weight excluding hydrogens is 284 g/mol. The van der Waals surface area contributed by atoms with Crippen molar-refractivity contribution in [1.82, 2.24) is 4.90 Å². The average Bonchev–Trinajstić information content (AvgIpc) is 2.78. The minimum Gasteiger partial charge on any atom is -0.368 e. The van der Waals surface area contributed by atoms with Crippen molar-refractivity contribution in [2.45, 2.75) is 57.0 Å². The zero-order chi connectivity index (χ0) is 16.9. The van der Waals surface area contributed by atoms with E-state index in [0.29, 0.717) is 6.54 Å². The number of unbranched alkanes of at least 4 members (excludes halogenated alkanes) is 3. The molecule has 0 fully saturated rings. The minimum atomic E-state index is -1.17. The molecule has 1 heterocycles. The molecule has 1 atom stereocenters. The summed E-state index contributed by atoms with van der Waals surface area (Å²) in [4.78, 5) is 14.4. The van der Waals surface area contributed by atoms with E-state index in [0.717, 1.165) is 30.4 Å². The SMILES string of the molecule is BC(B)C1(O)C=C(CCCCCC)C(=O)N1Cc1ccccc1. The molecule has 0 bridgehead atoms. The first-order chi connectivity index (χ1) is 11.0. The van der Waals surface area contributed by atoms with Gasteiger partial charge in [-0.2, -0.15) is 0 Å². The van der Waals surface area contributed by atoms with Gasteiger partial charge >= 0.3 is 0 Å². The van der Waals surface area contributed by atoms with Gasteiger partial charge in [-0.05, 0) is 30.2 Å². The van der Waals surface area contributed by atoms with Crippen molar-refractivity contribution in [1.29, 1.82) is 0 Å². The Balaban J connectivity index is 2.13. The fourth-order valence-corrected chi connectivity index (χ4v) is 3.10. The van der Waals surface area contributed by atoms with Crippen molar-refractivity contribution < 1.29 is 9.90 Å². The molecule has 23 heavy (non-hydrogen) atoms. The molecule has 2 rings (SSSR count). The lowest BCUT2D eigenvalue weighted by atomic mass is 9.64. The second-order valence-corrected chi connectivity index (χ2v) is 6.79. The summed E-state index contributed by atoms with van der Waals surface area (Å²) in [5.74, 6) is -0.0125. The summed E-state index contributed by atoms with van der Waals surface area (Å²) in [6, 6.07) is 9.87. The fraction of sp³-hybridized carbons (Fsp3) is 0.500. The van der Waals surface area contributed by atoms with Crippen LogP contribution in [0.2, 0.25) is 5.72 Å². The van der Waals surface area contributed by atoms with Crippen LogP contribution in [0.5, 0.6) is 0 Å². The topological polar surface area (TPSA) is 40.5 Å². The lowest BCUT2D eigenvalue weighted by molar-refractivity contribution is -0.142. The normalized spacial score (nSPS) is 21.1. The molecule has 1 amide bonds. The van der Waals surface area contributed by atoms with Gasteiger partial charge in [-0.15, -0.1) is 0 Å². The van der Waals surface area contributed by atoms with E-state index in [1.807, 2.05) is 46.0 Å². The predicted molar refractivity (Wildman–Crippen MR) is 99.6 cm³/mol. The van der Waals surface area contributed by atoms with Crippen LogP contribution in [-0.4, -0.2) is 37.3 Å². The van der Waals surface area contributed by atoms with E-state index in [1.54, 1.807) is 11.0 Å². The molecule has 0 aliphatic carbocycles. The molecule has 1 aliphatic heterocycles. The maximum absolute atomic E-state index is 12.8. The van der Waals surface area contributed by atoms with E-state index in [1.165, 1.54) is 12.8 Å². The van der Waals surface area contributed by atoms with Gasteiger partial charge in [0.2, 0.25) is 0 Å². The zero-order valence-electron chi connectivity index (χ0n) is 14.6. The summed E-state index contributed by atoms with van der Waals surface area (Å²) < 4.78 is 0. The van der Waals surface area contributed by atoms with Crippen molar-refractivity contribution >= 4 is 21.6 Å². The highest BCUT2D eigenvalue weighted by Crippen LogP contribution is 2.36. The maximum Gasteiger partial charge on any atom is 0.252 e.